The van der Waals surface area contributed by atoms with E-state index in [0.29, 0.717) is 13.0 Å². The van der Waals surface area contributed by atoms with E-state index in [1.807, 2.05) is 0 Å². The number of hydrogen-bond donors (Lipinski definition) is 2. The largest absolute Gasteiger partial charge is 0.478 e. The molecular weight excluding hydrogens is 220 g/mol. The Bertz CT molecular complexity index is 483. The van der Waals surface area contributed by atoms with Gasteiger partial charge < -0.3 is 15.7 Å². The number of carbonyl (C=O) groups is 2. The van der Waals surface area contributed by atoms with Crippen molar-refractivity contribution in [3.05, 3.63) is 29.3 Å². The molecule has 0 aromatic heterocycles. The van der Waals surface area contributed by atoms with E-state index in [1.54, 1.807) is 24.0 Å². The van der Waals surface area contributed by atoms with Crippen molar-refractivity contribution in [2.24, 2.45) is 5.73 Å². The monoisotopic (exact) mass is 234 g/mol. The van der Waals surface area contributed by atoms with Crippen LogP contribution in [0.2, 0.25) is 0 Å². The van der Waals surface area contributed by atoms with Crippen molar-refractivity contribution in [3.8, 4) is 0 Å². The van der Waals surface area contributed by atoms with E-state index in [2.05, 4.69) is 0 Å². The Morgan fingerprint density at radius 3 is 2.76 bits per heavy atom. The van der Waals surface area contributed by atoms with Crippen molar-refractivity contribution >= 4 is 17.6 Å². The molecule has 0 aliphatic carbocycles. The molecule has 0 spiro atoms. The summed E-state index contributed by atoms with van der Waals surface area (Å²) in [4.78, 5) is 24.3. The number of benzene rings is 1. The van der Waals surface area contributed by atoms with Gasteiger partial charge in [-0.05, 0) is 37.1 Å². The number of anilines is 1. The van der Waals surface area contributed by atoms with Gasteiger partial charge in [-0.1, -0.05) is 0 Å². The molecule has 2 rings (SSSR count). The van der Waals surface area contributed by atoms with Gasteiger partial charge in [0.25, 0.3) is 0 Å². The summed E-state index contributed by atoms with van der Waals surface area (Å²) in [5.41, 5.74) is 7.48. The van der Waals surface area contributed by atoms with Crippen LogP contribution in [0.15, 0.2) is 18.2 Å². The number of hydrogen-bond acceptors (Lipinski definition) is 3. The molecule has 0 bridgehead atoms. The maximum atomic E-state index is 11.8. The second-order valence-electron chi connectivity index (χ2n) is 4.18. The molecule has 1 aromatic rings. The first-order valence-corrected chi connectivity index (χ1v) is 5.44. The van der Waals surface area contributed by atoms with Gasteiger partial charge in [-0.3, -0.25) is 4.79 Å². The van der Waals surface area contributed by atoms with Gasteiger partial charge in [0.05, 0.1) is 11.6 Å². The van der Waals surface area contributed by atoms with Gasteiger partial charge in [0, 0.05) is 12.2 Å². The Hall–Kier alpha value is -1.88. The van der Waals surface area contributed by atoms with Crippen molar-refractivity contribution in [3.63, 3.8) is 0 Å². The number of aromatic carboxylic acids is 1. The predicted molar refractivity (Wildman–Crippen MR) is 63.1 cm³/mol. The van der Waals surface area contributed by atoms with Gasteiger partial charge in [-0.2, -0.15) is 0 Å². The molecule has 0 fully saturated rings. The molecule has 1 heterocycles. The van der Waals surface area contributed by atoms with Crippen LogP contribution in [0.4, 0.5) is 5.69 Å². The summed E-state index contributed by atoms with van der Waals surface area (Å²) < 4.78 is 0. The van der Waals surface area contributed by atoms with E-state index in [0.717, 1.165) is 11.3 Å². The number of fused-ring (bicyclic) bond motifs is 1. The SMILES string of the molecule is C[C@@H](N)C(=O)N1CCc2cc(C(=O)O)ccc21. The molecule has 90 valence electrons. The molecule has 0 radical (unpaired) electrons. The van der Waals surface area contributed by atoms with Gasteiger partial charge >= 0.3 is 5.97 Å². The summed E-state index contributed by atoms with van der Waals surface area (Å²) in [6.07, 6.45) is 0.676. The molecule has 17 heavy (non-hydrogen) atoms. The van der Waals surface area contributed by atoms with E-state index in [9.17, 15) is 9.59 Å². The minimum Gasteiger partial charge on any atom is -0.478 e. The van der Waals surface area contributed by atoms with E-state index < -0.39 is 12.0 Å². The fraction of sp³-hybridized carbons (Fsp3) is 0.333. The van der Waals surface area contributed by atoms with Crippen LogP contribution < -0.4 is 10.6 Å². The lowest BCUT2D eigenvalue weighted by atomic mass is 10.1. The summed E-state index contributed by atoms with van der Waals surface area (Å²) in [5.74, 6) is -1.09. The van der Waals surface area contributed by atoms with Gasteiger partial charge in [-0.15, -0.1) is 0 Å². The fourth-order valence-electron chi connectivity index (χ4n) is 2.01. The molecule has 5 heteroatoms. The second kappa shape index (κ2) is 4.18. The Labute approximate surface area is 98.8 Å². The molecule has 0 saturated heterocycles. The summed E-state index contributed by atoms with van der Waals surface area (Å²) >= 11 is 0. The lowest BCUT2D eigenvalue weighted by Crippen LogP contribution is -2.41. The first-order valence-electron chi connectivity index (χ1n) is 5.44. The highest BCUT2D eigenvalue weighted by Gasteiger charge is 2.26. The lowest BCUT2D eigenvalue weighted by molar-refractivity contribution is -0.119. The third-order valence-corrected chi connectivity index (χ3v) is 2.88. The van der Waals surface area contributed by atoms with Gasteiger partial charge in [0.2, 0.25) is 5.91 Å². The van der Waals surface area contributed by atoms with Crippen LogP contribution in [-0.2, 0) is 11.2 Å². The van der Waals surface area contributed by atoms with Crippen LogP contribution in [0, 0.1) is 0 Å². The second-order valence-corrected chi connectivity index (χ2v) is 4.18. The Balaban J connectivity index is 2.34. The summed E-state index contributed by atoms with van der Waals surface area (Å²) in [6, 6.07) is 4.26. The number of carboxylic acid groups (broad SMARTS) is 1. The molecule has 0 saturated carbocycles. The molecule has 3 N–H and O–H groups in total. The molecule has 1 aromatic carbocycles. The minimum absolute atomic E-state index is 0.133. The number of nitrogens with zero attached hydrogens (tertiary/aromatic N) is 1. The molecular formula is C12H14N2O3. The number of amides is 1. The number of carbonyl (C=O) groups excluding carboxylic acids is 1. The maximum absolute atomic E-state index is 11.8. The first kappa shape index (κ1) is 11.6. The number of rotatable bonds is 2. The van der Waals surface area contributed by atoms with Crippen LogP contribution in [0.1, 0.15) is 22.8 Å². The Morgan fingerprint density at radius 1 is 1.47 bits per heavy atom. The van der Waals surface area contributed by atoms with Gasteiger partial charge in [-0.25, -0.2) is 4.79 Å². The Kier molecular flexibility index (Phi) is 2.85. The van der Waals surface area contributed by atoms with Crippen LogP contribution in [0.25, 0.3) is 0 Å². The third-order valence-electron chi connectivity index (χ3n) is 2.88. The predicted octanol–water partition coefficient (Wildman–Crippen LogP) is 0.621. The molecule has 1 aliphatic rings. The number of carboxylic acids is 1. The quantitative estimate of drug-likeness (QED) is 0.785. The van der Waals surface area contributed by atoms with Crippen molar-refractivity contribution < 1.29 is 14.7 Å². The van der Waals surface area contributed by atoms with Crippen molar-refractivity contribution in [1.82, 2.24) is 0 Å². The van der Waals surface area contributed by atoms with E-state index in [1.165, 1.54) is 6.07 Å². The van der Waals surface area contributed by atoms with E-state index in [4.69, 9.17) is 10.8 Å². The molecule has 1 atom stereocenters. The van der Waals surface area contributed by atoms with Crippen LogP contribution in [0.5, 0.6) is 0 Å². The summed E-state index contributed by atoms with van der Waals surface area (Å²) in [6.45, 7) is 2.21. The Morgan fingerprint density at radius 2 is 2.18 bits per heavy atom. The topological polar surface area (TPSA) is 83.6 Å². The smallest absolute Gasteiger partial charge is 0.335 e. The van der Waals surface area contributed by atoms with Crippen LogP contribution in [-0.4, -0.2) is 29.6 Å². The van der Waals surface area contributed by atoms with Crippen LogP contribution in [0.3, 0.4) is 0 Å². The highest BCUT2D eigenvalue weighted by molar-refractivity contribution is 5.99. The maximum Gasteiger partial charge on any atom is 0.335 e. The molecule has 5 nitrogen and oxygen atoms in total. The third kappa shape index (κ3) is 2.01. The zero-order chi connectivity index (χ0) is 12.6. The van der Waals surface area contributed by atoms with E-state index in [-0.39, 0.29) is 11.5 Å². The van der Waals surface area contributed by atoms with Crippen molar-refractivity contribution in [2.45, 2.75) is 19.4 Å². The average Bonchev–Trinajstić information content (AvgIpc) is 2.70. The molecule has 1 aliphatic heterocycles. The van der Waals surface area contributed by atoms with Crippen molar-refractivity contribution in [1.29, 1.82) is 0 Å². The zero-order valence-corrected chi connectivity index (χ0v) is 9.51. The summed E-state index contributed by atoms with van der Waals surface area (Å²) in [7, 11) is 0. The first-order chi connectivity index (χ1) is 8.00. The highest BCUT2D eigenvalue weighted by atomic mass is 16.4. The minimum atomic E-state index is -0.954. The normalized spacial score (nSPS) is 15.5. The molecule has 0 unspecified atom stereocenters. The van der Waals surface area contributed by atoms with Gasteiger partial charge in [0.1, 0.15) is 0 Å². The average molecular weight is 234 g/mol. The van der Waals surface area contributed by atoms with Gasteiger partial charge in [0.15, 0.2) is 0 Å². The molecule has 1 amide bonds. The lowest BCUT2D eigenvalue weighted by Gasteiger charge is -2.19. The zero-order valence-electron chi connectivity index (χ0n) is 9.51. The van der Waals surface area contributed by atoms with Crippen molar-refractivity contribution in [2.75, 3.05) is 11.4 Å². The number of nitrogens with two attached hydrogens (primary N) is 1. The standard InChI is InChI=1S/C12H14N2O3/c1-7(13)11(15)14-5-4-8-6-9(12(16)17)2-3-10(8)14/h2-3,6-7H,4-5,13H2,1H3,(H,16,17)/t7-/m1/s1. The fourth-order valence-corrected chi connectivity index (χ4v) is 2.01. The van der Waals surface area contributed by atoms with Crippen LogP contribution >= 0.6 is 0 Å². The summed E-state index contributed by atoms with van der Waals surface area (Å²) in [5, 5.41) is 8.88. The highest BCUT2D eigenvalue weighted by Crippen LogP contribution is 2.29. The van der Waals surface area contributed by atoms with E-state index >= 15 is 0 Å².